The summed E-state index contributed by atoms with van der Waals surface area (Å²) in [4.78, 5) is 4.33. The Morgan fingerprint density at radius 2 is 0.517 bits per heavy atom. The maximum atomic E-state index is 2.17. The van der Waals surface area contributed by atoms with Crippen molar-refractivity contribution in [2.24, 2.45) is 0 Å². The minimum Gasteiger partial charge on any atom is -0.412 e. The van der Waals surface area contributed by atoms with Crippen LogP contribution in [0.1, 0.15) is 0 Å². The van der Waals surface area contributed by atoms with E-state index in [1.54, 1.807) is 0 Å². The first-order chi connectivity index (χ1) is 13.8. The SMILES string of the molecule is CN(c1ccccc1)c1ccccc1.CN(c1ccccc1)c1ccccc1.O. The number of para-hydroxylation sites is 4. The topological polar surface area (TPSA) is 38.0 Å². The van der Waals surface area contributed by atoms with Crippen molar-refractivity contribution >= 4 is 22.7 Å². The number of rotatable bonds is 4. The maximum Gasteiger partial charge on any atom is 0.0408 e. The molecule has 2 N–H and O–H groups in total. The predicted molar refractivity (Wildman–Crippen MR) is 126 cm³/mol. The van der Waals surface area contributed by atoms with Crippen molar-refractivity contribution in [1.29, 1.82) is 0 Å². The van der Waals surface area contributed by atoms with Gasteiger partial charge in [-0.2, -0.15) is 0 Å². The van der Waals surface area contributed by atoms with Crippen molar-refractivity contribution in [3.05, 3.63) is 121 Å². The molecule has 0 heterocycles. The molecule has 0 aliphatic rings. The first-order valence-corrected chi connectivity index (χ1v) is 9.43. The van der Waals surface area contributed by atoms with E-state index < -0.39 is 0 Å². The molecule has 0 atom stereocenters. The van der Waals surface area contributed by atoms with E-state index >= 15 is 0 Å². The van der Waals surface area contributed by atoms with E-state index in [0.717, 1.165) is 0 Å². The zero-order chi connectivity index (χ0) is 19.6. The molecule has 0 aliphatic carbocycles. The molecule has 0 saturated heterocycles. The van der Waals surface area contributed by atoms with E-state index in [9.17, 15) is 0 Å². The van der Waals surface area contributed by atoms with Gasteiger partial charge in [0.25, 0.3) is 0 Å². The van der Waals surface area contributed by atoms with Crippen LogP contribution in [0.3, 0.4) is 0 Å². The lowest BCUT2D eigenvalue weighted by Gasteiger charge is -2.18. The molecule has 0 aliphatic heterocycles. The average molecular weight is 385 g/mol. The molecule has 0 bridgehead atoms. The summed E-state index contributed by atoms with van der Waals surface area (Å²) in [5, 5.41) is 0. The van der Waals surface area contributed by atoms with Crippen LogP contribution >= 0.6 is 0 Å². The summed E-state index contributed by atoms with van der Waals surface area (Å²) in [7, 11) is 4.15. The molecule has 148 valence electrons. The minimum absolute atomic E-state index is 0. The van der Waals surface area contributed by atoms with Crippen LogP contribution in [0, 0.1) is 0 Å². The third kappa shape index (κ3) is 6.23. The minimum atomic E-state index is 0. The smallest absolute Gasteiger partial charge is 0.0408 e. The summed E-state index contributed by atoms with van der Waals surface area (Å²) in [5.41, 5.74) is 4.83. The van der Waals surface area contributed by atoms with Crippen molar-refractivity contribution in [1.82, 2.24) is 0 Å². The lowest BCUT2D eigenvalue weighted by molar-refractivity contribution is 0.824. The third-order valence-electron chi connectivity index (χ3n) is 4.57. The summed E-state index contributed by atoms with van der Waals surface area (Å²) in [6.45, 7) is 0. The highest BCUT2D eigenvalue weighted by molar-refractivity contribution is 5.62. The van der Waals surface area contributed by atoms with Crippen LogP contribution in [0.2, 0.25) is 0 Å². The van der Waals surface area contributed by atoms with Gasteiger partial charge in [-0.15, -0.1) is 0 Å². The number of anilines is 4. The summed E-state index contributed by atoms with van der Waals surface area (Å²) >= 11 is 0. The fraction of sp³-hybridized carbons (Fsp3) is 0.0769. The zero-order valence-corrected chi connectivity index (χ0v) is 16.9. The summed E-state index contributed by atoms with van der Waals surface area (Å²) < 4.78 is 0. The average Bonchev–Trinajstić information content (AvgIpc) is 2.81. The first kappa shape index (κ1) is 21.7. The molecule has 4 aromatic rings. The molecule has 0 aromatic heterocycles. The summed E-state index contributed by atoms with van der Waals surface area (Å²) in [5.74, 6) is 0. The van der Waals surface area contributed by atoms with Gasteiger partial charge in [0.2, 0.25) is 0 Å². The molecule has 4 rings (SSSR count). The predicted octanol–water partition coefficient (Wildman–Crippen LogP) is 6.08. The van der Waals surface area contributed by atoms with Gasteiger partial charge in [-0.1, -0.05) is 72.8 Å². The van der Waals surface area contributed by atoms with Crippen molar-refractivity contribution in [2.75, 3.05) is 23.9 Å². The molecular formula is C26H28N2O. The van der Waals surface area contributed by atoms with Crippen LogP contribution in [-0.4, -0.2) is 19.6 Å². The van der Waals surface area contributed by atoms with Gasteiger partial charge in [0.1, 0.15) is 0 Å². The summed E-state index contributed by atoms with van der Waals surface area (Å²) in [6, 6.07) is 41.4. The van der Waals surface area contributed by atoms with Gasteiger partial charge < -0.3 is 15.3 Å². The standard InChI is InChI=1S/2C13H13N.H2O/c2*1-14(12-8-4-2-5-9-12)13-10-6-3-7-11-13;/h2*2-11H,1H3;1H2. The molecule has 0 unspecified atom stereocenters. The van der Waals surface area contributed by atoms with Gasteiger partial charge in [0, 0.05) is 36.8 Å². The highest BCUT2D eigenvalue weighted by Gasteiger charge is 2.01. The van der Waals surface area contributed by atoms with Crippen molar-refractivity contribution < 1.29 is 5.48 Å². The van der Waals surface area contributed by atoms with Crippen molar-refractivity contribution in [3.8, 4) is 0 Å². The van der Waals surface area contributed by atoms with Gasteiger partial charge in [0.15, 0.2) is 0 Å². The lowest BCUT2D eigenvalue weighted by atomic mass is 10.2. The Labute approximate surface area is 173 Å². The molecule has 0 saturated carbocycles. The van der Waals surface area contributed by atoms with Crippen LogP contribution in [0.4, 0.5) is 22.7 Å². The molecule has 0 spiro atoms. The molecule has 3 heteroatoms. The Morgan fingerprint density at radius 3 is 0.690 bits per heavy atom. The van der Waals surface area contributed by atoms with Crippen LogP contribution in [0.15, 0.2) is 121 Å². The Bertz CT molecular complexity index is 769. The molecule has 0 amide bonds. The fourth-order valence-electron chi connectivity index (χ4n) is 2.90. The van der Waals surface area contributed by atoms with E-state index in [1.807, 2.05) is 24.3 Å². The Hall–Kier alpha value is -3.56. The van der Waals surface area contributed by atoms with E-state index in [4.69, 9.17) is 0 Å². The first-order valence-electron chi connectivity index (χ1n) is 9.43. The quantitative estimate of drug-likeness (QED) is 0.427. The van der Waals surface area contributed by atoms with Crippen LogP contribution in [0.25, 0.3) is 0 Å². The highest BCUT2D eigenvalue weighted by atomic mass is 16.0. The van der Waals surface area contributed by atoms with Gasteiger partial charge >= 0.3 is 0 Å². The second-order valence-electron chi connectivity index (χ2n) is 6.46. The molecule has 29 heavy (non-hydrogen) atoms. The molecule has 3 nitrogen and oxygen atoms in total. The van der Waals surface area contributed by atoms with E-state index in [0.29, 0.717) is 0 Å². The van der Waals surface area contributed by atoms with Crippen LogP contribution in [-0.2, 0) is 0 Å². The maximum absolute atomic E-state index is 2.17. The van der Waals surface area contributed by atoms with Crippen molar-refractivity contribution in [3.63, 3.8) is 0 Å². The van der Waals surface area contributed by atoms with Crippen LogP contribution < -0.4 is 9.80 Å². The lowest BCUT2D eigenvalue weighted by Crippen LogP contribution is -2.08. The van der Waals surface area contributed by atoms with E-state index in [-0.39, 0.29) is 5.48 Å². The summed E-state index contributed by atoms with van der Waals surface area (Å²) in [6.07, 6.45) is 0. The Balaban J connectivity index is 0.000000200. The second kappa shape index (κ2) is 11.3. The largest absolute Gasteiger partial charge is 0.412 e. The van der Waals surface area contributed by atoms with Gasteiger partial charge in [-0.05, 0) is 48.5 Å². The fourth-order valence-corrected chi connectivity index (χ4v) is 2.90. The second-order valence-corrected chi connectivity index (χ2v) is 6.46. The number of hydrogen-bond acceptors (Lipinski definition) is 2. The molecule has 0 fully saturated rings. The highest BCUT2D eigenvalue weighted by Crippen LogP contribution is 2.22. The molecular weight excluding hydrogens is 356 g/mol. The molecule has 0 radical (unpaired) electrons. The van der Waals surface area contributed by atoms with Gasteiger partial charge in [-0.25, -0.2) is 0 Å². The van der Waals surface area contributed by atoms with Gasteiger partial charge in [-0.3, -0.25) is 0 Å². The molecule has 4 aromatic carbocycles. The van der Waals surface area contributed by atoms with Crippen molar-refractivity contribution in [2.45, 2.75) is 0 Å². The van der Waals surface area contributed by atoms with E-state index in [2.05, 4.69) is 121 Å². The zero-order valence-electron chi connectivity index (χ0n) is 16.9. The van der Waals surface area contributed by atoms with Gasteiger partial charge in [0.05, 0.1) is 0 Å². The number of benzene rings is 4. The Morgan fingerprint density at radius 1 is 0.345 bits per heavy atom. The number of hydrogen-bond donors (Lipinski definition) is 0. The van der Waals surface area contributed by atoms with E-state index in [1.165, 1.54) is 22.7 Å². The normalized spacial score (nSPS) is 9.45. The Kier molecular flexibility index (Phi) is 8.49. The third-order valence-corrected chi connectivity index (χ3v) is 4.57. The monoisotopic (exact) mass is 384 g/mol. The number of nitrogens with zero attached hydrogens (tertiary/aromatic N) is 2. The van der Waals surface area contributed by atoms with Crippen LogP contribution in [0.5, 0.6) is 0 Å².